The normalized spacial score (nSPS) is 23.5. The molecular weight excluding hydrogens is 486 g/mol. The van der Waals surface area contributed by atoms with Gasteiger partial charge in [0.1, 0.15) is 16.6 Å². The number of nitrogens with zero attached hydrogens (tertiary/aromatic N) is 1. The Morgan fingerprint density at radius 2 is 1.88 bits per heavy atom. The molecule has 1 aliphatic carbocycles. The number of pyridine rings is 1. The summed E-state index contributed by atoms with van der Waals surface area (Å²) in [4.78, 5) is 32.4. The first-order chi connectivity index (χ1) is 16.5. The summed E-state index contributed by atoms with van der Waals surface area (Å²) in [6.07, 6.45) is 6.15. The predicted octanol–water partition coefficient (Wildman–Crippen LogP) is 6.03. The first-order valence-electron chi connectivity index (χ1n) is 11.6. The highest BCUT2D eigenvalue weighted by Crippen LogP contribution is 2.41. The van der Waals surface area contributed by atoms with E-state index < -0.39 is 10.8 Å². The molecule has 5 rings (SSSR count). The van der Waals surface area contributed by atoms with Gasteiger partial charge in [0.15, 0.2) is 5.78 Å². The van der Waals surface area contributed by atoms with Crippen LogP contribution in [-0.4, -0.2) is 28.0 Å². The Labute approximate surface area is 212 Å². The van der Waals surface area contributed by atoms with Gasteiger partial charge in [0, 0.05) is 17.4 Å². The van der Waals surface area contributed by atoms with Crippen LogP contribution in [0.4, 0.5) is 5.82 Å². The fourth-order valence-electron chi connectivity index (χ4n) is 4.80. The number of hydrogen-bond acceptors (Lipinski definition) is 6. The minimum Gasteiger partial charge on any atom is -0.367 e. The second kappa shape index (κ2) is 10.1. The monoisotopic (exact) mass is 511 g/mol. The summed E-state index contributed by atoms with van der Waals surface area (Å²) in [5.41, 5.74) is 0.563. The topological polar surface area (TPSA) is 71.1 Å². The van der Waals surface area contributed by atoms with Crippen molar-refractivity contribution in [1.82, 2.24) is 10.3 Å². The summed E-state index contributed by atoms with van der Waals surface area (Å²) in [5.74, 6) is 0.334. The number of thioether (sulfide) groups is 1. The van der Waals surface area contributed by atoms with Crippen molar-refractivity contribution in [3.8, 4) is 0 Å². The van der Waals surface area contributed by atoms with Gasteiger partial charge in [-0.05, 0) is 59.5 Å². The van der Waals surface area contributed by atoms with E-state index in [2.05, 4.69) is 10.6 Å². The van der Waals surface area contributed by atoms with Crippen LogP contribution in [0.5, 0.6) is 0 Å². The molecule has 1 aromatic carbocycles. The standard InChI is InChI=1S/C26H26ClN3O2S2/c27-19-9-4-5-10-21(19)34-24-20(31)15-26(30-25(24)32,17-13-14-33-16-17)22-11-6-12-23(29-22)28-18-7-2-1-3-8-18/h4-6,9-14,16,18,24H,1-3,7-8,15H2,(H,28,29)(H,30,32). The Morgan fingerprint density at radius 3 is 2.62 bits per heavy atom. The third kappa shape index (κ3) is 4.74. The molecule has 3 heterocycles. The van der Waals surface area contributed by atoms with Crippen LogP contribution < -0.4 is 10.6 Å². The summed E-state index contributed by atoms with van der Waals surface area (Å²) < 4.78 is 0. The smallest absolute Gasteiger partial charge is 0.242 e. The maximum Gasteiger partial charge on any atom is 0.242 e. The van der Waals surface area contributed by atoms with Crippen molar-refractivity contribution in [2.75, 3.05) is 5.32 Å². The lowest BCUT2D eigenvalue weighted by molar-refractivity contribution is -0.133. The zero-order valence-electron chi connectivity index (χ0n) is 18.6. The number of thiophene rings is 1. The number of halogens is 1. The number of aromatic nitrogens is 1. The molecule has 2 fully saturated rings. The van der Waals surface area contributed by atoms with E-state index in [4.69, 9.17) is 16.6 Å². The third-order valence-electron chi connectivity index (χ3n) is 6.55. The van der Waals surface area contributed by atoms with E-state index in [1.807, 2.05) is 53.2 Å². The number of anilines is 1. The number of piperidine rings is 1. The lowest BCUT2D eigenvalue weighted by Gasteiger charge is -2.39. The second-order valence-electron chi connectivity index (χ2n) is 8.87. The summed E-state index contributed by atoms with van der Waals surface area (Å²) >= 11 is 9.03. The van der Waals surface area contributed by atoms with Crippen LogP contribution >= 0.6 is 34.7 Å². The van der Waals surface area contributed by atoms with Crippen LogP contribution in [0.15, 0.2) is 64.2 Å². The highest BCUT2D eigenvalue weighted by atomic mass is 35.5. The average Bonchev–Trinajstić information content (AvgIpc) is 3.39. The number of carbonyl (C=O) groups excluding carboxylic acids is 2. The maximum absolute atomic E-state index is 13.4. The van der Waals surface area contributed by atoms with Crippen LogP contribution in [0.25, 0.3) is 0 Å². The summed E-state index contributed by atoms with van der Waals surface area (Å²) in [7, 11) is 0. The highest BCUT2D eigenvalue weighted by molar-refractivity contribution is 8.01. The number of amides is 1. The summed E-state index contributed by atoms with van der Waals surface area (Å²) in [5, 5.41) is 10.4. The second-order valence-corrected chi connectivity index (χ2v) is 11.2. The molecule has 1 amide bonds. The molecule has 2 atom stereocenters. The third-order valence-corrected chi connectivity index (χ3v) is 8.99. The van der Waals surface area contributed by atoms with Crippen molar-refractivity contribution in [1.29, 1.82) is 0 Å². The number of benzene rings is 1. The molecule has 0 bridgehead atoms. The molecule has 2 aromatic heterocycles. The minimum absolute atomic E-state index is 0.132. The van der Waals surface area contributed by atoms with Crippen LogP contribution in [0.3, 0.4) is 0 Å². The van der Waals surface area contributed by atoms with E-state index in [0.29, 0.717) is 16.8 Å². The zero-order chi connectivity index (χ0) is 23.5. The lowest BCUT2D eigenvalue weighted by Crippen LogP contribution is -2.58. The van der Waals surface area contributed by atoms with Gasteiger partial charge in [0.2, 0.25) is 5.91 Å². The Bertz CT molecular complexity index is 1160. The SMILES string of the molecule is O=C1CC(c2ccsc2)(c2cccc(NC3CCCCC3)n2)NC(=O)C1Sc1ccccc1Cl. The molecule has 1 saturated heterocycles. The first-order valence-corrected chi connectivity index (χ1v) is 13.8. The van der Waals surface area contributed by atoms with Gasteiger partial charge < -0.3 is 10.6 Å². The van der Waals surface area contributed by atoms with Gasteiger partial charge in [-0.1, -0.05) is 49.1 Å². The molecule has 2 N–H and O–H groups in total. The molecule has 2 unspecified atom stereocenters. The van der Waals surface area contributed by atoms with Gasteiger partial charge >= 0.3 is 0 Å². The van der Waals surface area contributed by atoms with Crippen molar-refractivity contribution in [3.05, 3.63) is 75.6 Å². The molecular formula is C26H26ClN3O2S2. The maximum atomic E-state index is 13.4. The largest absolute Gasteiger partial charge is 0.367 e. The fourth-order valence-corrected chi connectivity index (χ4v) is 6.77. The number of Topliss-reactive ketones (excluding diaryl/α,β-unsaturated/α-hetero) is 1. The van der Waals surface area contributed by atoms with Crippen LogP contribution in [0.1, 0.15) is 49.8 Å². The van der Waals surface area contributed by atoms with E-state index in [1.54, 1.807) is 6.07 Å². The summed E-state index contributed by atoms with van der Waals surface area (Å²) in [6.45, 7) is 0. The van der Waals surface area contributed by atoms with E-state index in [0.717, 1.165) is 29.1 Å². The number of rotatable bonds is 6. The van der Waals surface area contributed by atoms with Gasteiger partial charge in [-0.2, -0.15) is 11.3 Å². The Balaban J connectivity index is 1.45. The average molecular weight is 512 g/mol. The first kappa shape index (κ1) is 23.4. The molecule has 0 spiro atoms. The van der Waals surface area contributed by atoms with Crippen molar-refractivity contribution in [2.24, 2.45) is 0 Å². The minimum atomic E-state index is -0.990. The molecule has 5 nitrogen and oxygen atoms in total. The van der Waals surface area contributed by atoms with Crippen molar-refractivity contribution in [2.45, 2.75) is 60.3 Å². The molecule has 8 heteroatoms. The Kier molecular flexibility index (Phi) is 6.95. The molecule has 3 aromatic rings. The molecule has 0 radical (unpaired) electrons. The lowest BCUT2D eigenvalue weighted by atomic mass is 9.79. The van der Waals surface area contributed by atoms with Gasteiger partial charge in [-0.3, -0.25) is 9.59 Å². The highest BCUT2D eigenvalue weighted by Gasteiger charge is 2.48. The van der Waals surface area contributed by atoms with E-state index in [-0.39, 0.29) is 18.1 Å². The van der Waals surface area contributed by atoms with Gasteiger partial charge in [-0.25, -0.2) is 4.98 Å². The van der Waals surface area contributed by atoms with Crippen molar-refractivity contribution < 1.29 is 9.59 Å². The van der Waals surface area contributed by atoms with Crippen LogP contribution in [0, 0.1) is 0 Å². The molecule has 1 aliphatic heterocycles. The van der Waals surface area contributed by atoms with Gasteiger partial charge in [0.25, 0.3) is 0 Å². The zero-order valence-corrected chi connectivity index (χ0v) is 21.0. The van der Waals surface area contributed by atoms with Crippen molar-refractivity contribution in [3.63, 3.8) is 0 Å². The van der Waals surface area contributed by atoms with E-state index in [9.17, 15) is 9.59 Å². The van der Waals surface area contributed by atoms with Gasteiger partial charge in [0.05, 0.1) is 10.7 Å². The number of nitrogens with one attached hydrogen (secondary N) is 2. The molecule has 34 heavy (non-hydrogen) atoms. The summed E-state index contributed by atoms with van der Waals surface area (Å²) in [6, 6.07) is 15.5. The van der Waals surface area contributed by atoms with Crippen molar-refractivity contribution >= 4 is 52.2 Å². The Hall–Kier alpha value is -2.35. The predicted molar refractivity (Wildman–Crippen MR) is 139 cm³/mol. The van der Waals surface area contributed by atoms with Crippen LogP contribution in [-0.2, 0) is 15.1 Å². The Morgan fingerprint density at radius 1 is 1.06 bits per heavy atom. The van der Waals surface area contributed by atoms with E-state index >= 15 is 0 Å². The molecule has 1 saturated carbocycles. The quantitative estimate of drug-likeness (QED) is 0.395. The van der Waals surface area contributed by atoms with Crippen LogP contribution in [0.2, 0.25) is 5.02 Å². The van der Waals surface area contributed by atoms with E-state index in [1.165, 1.54) is 42.4 Å². The van der Waals surface area contributed by atoms with Gasteiger partial charge in [-0.15, -0.1) is 11.8 Å². The number of ketones is 1. The number of hydrogen-bond donors (Lipinski definition) is 2. The molecule has 2 aliphatic rings. The molecule has 176 valence electrons. The fraction of sp³-hybridized carbons (Fsp3) is 0.346. The number of carbonyl (C=O) groups is 2.